The fraction of sp³-hybridized carbons (Fsp3) is 0.333. The second kappa shape index (κ2) is 6.30. The van der Waals surface area contributed by atoms with Crippen LogP contribution in [0.5, 0.6) is 5.75 Å². The molecular weight excluding hydrogens is 270 g/mol. The highest BCUT2D eigenvalue weighted by Gasteiger charge is 2.11. The van der Waals surface area contributed by atoms with Gasteiger partial charge in [-0.3, -0.25) is 4.68 Å². The number of nitrogens with two attached hydrogens (primary N) is 1. The lowest BCUT2D eigenvalue weighted by Gasteiger charge is -2.07. The summed E-state index contributed by atoms with van der Waals surface area (Å²) >= 11 is 0. The highest BCUT2D eigenvalue weighted by molar-refractivity contribution is 5.91. The second-order valence-corrected chi connectivity index (χ2v) is 4.95. The van der Waals surface area contributed by atoms with Gasteiger partial charge in [0.05, 0.1) is 18.4 Å². The van der Waals surface area contributed by atoms with Crippen molar-refractivity contribution >= 4 is 11.7 Å². The Bertz CT molecular complexity index is 635. The molecule has 0 amide bonds. The zero-order valence-electron chi connectivity index (χ0n) is 12.4. The van der Waals surface area contributed by atoms with Crippen molar-refractivity contribution in [3.63, 3.8) is 0 Å². The molecule has 2 aromatic rings. The molecule has 0 unspecified atom stereocenters. The summed E-state index contributed by atoms with van der Waals surface area (Å²) in [6.45, 7) is 4.18. The van der Waals surface area contributed by atoms with Gasteiger partial charge < -0.3 is 15.2 Å². The topological polar surface area (TPSA) is 79.4 Å². The lowest BCUT2D eigenvalue weighted by molar-refractivity contribution is 0.0466. The Morgan fingerprint density at radius 1 is 1.38 bits per heavy atom. The standard InChI is InChI=1S/C15H19N3O3/c1-10(2)18-5-4-13(17-18)9-21-15(19)11-6-12(16)8-14(7-11)20-3/h4-8,10H,9,16H2,1-3H3. The molecular formula is C15H19N3O3. The number of rotatable bonds is 5. The normalized spacial score (nSPS) is 10.7. The van der Waals surface area contributed by atoms with Gasteiger partial charge in [-0.05, 0) is 32.0 Å². The molecule has 0 saturated heterocycles. The van der Waals surface area contributed by atoms with E-state index in [1.54, 1.807) is 18.2 Å². The molecule has 0 aliphatic rings. The third-order valence-electron chi connectivity index (χ3n) is 2.94. The number of nitrogens with zero attached hydrogens (tertiary/aromatic N) is 2. The van der Waals surface area contributed by atoms with Gasteiger partial charge in [0.25, 0.3) is 0 Å². The number of methoxy groups -OCH3 is 1. The van der Waals surface area contributed by atoms with Crippen LogP contribution in [0, 0.1) is 0 Å². The van der Waals surface area contributed by atoms with Crippen molar-refractivity contribution in [2.45, 2.75) is 26.5 Å². The fourth-order valence-corrected chi connectivity index (χ4v) is 1.82. The lowest BCUT2D eigenvalue weighted by atomic mass is 10.2. The Labute approximate surface area is 123 Å². The number of aromatic nitrogens is 2. The number of ether oxygens (including phenoxy) is 2. The summed E-state index contributed by atoms with van der Waals surface area (Å²) in [5.74, 6) is 0.0609. The first-order valence-electron chi connectivity index (χ1n) is 6.65. The van der Waals surface area contributed by atoms with Crippen LogP contribution in [0.25, 0.3) is 0 Å². The van der Waals surface area contributed by atoms with Crippen molar-refractivity contribution in [3.8, 4) is 5.75 Å². The highest BCUT2D eigenvalue weighted by Crippen LogP contribution is 2.19. The maximum atomic E-state index is 12.0. The molecule has 21 heavy (non-hydrogen) atoms. The van der Waals surface area contributed by atoms with E-state index in [1.165, 1.54) is 7.11 Å². The Hall–Kier alpha value is -2.50. The van der Waals surface area contributed by atoms with Crippen LogP contribution in [-0.2, 0) is 11.3 Å². The number of benzene rings is 1. The van der Waals surface area contributed by atoms with E-state index < -0.39 is 5.97 Å². The minimum Gasteiger partial charge on any atom is -0.497 e. The molecule has 112 valence electrons. The predicted molar refractivity (Wildman–Crippen MR) is 79.1 cm³/mol. The van der Waals surface area contributed by atoms with Crippen molar-refractivity contribution in [2.24, 2.45) is 0 Å². The van der Waals surface area contributed by atoms with Crippen molar-refractivity contribution in [2.75, 3.05) is 12.8 Å². The molecule has 2 rings (SSSR count). The third kappa shape index (κ3) is 3.75. The number of hydrogen-bond acceptors (Lipinski definition) is 5. The Morgan fingerprint density at radius 2 is 2.14 bits per heavy atom. The predicted octanol–water partition coefficient (Wildman–Crippen LogP) is 2.41. The van der Waals surface area contributed by atoms with E-state index in [9.17, 15) is 4.79 Å². The number of carbonyl (C=O) groups is 1. The van der Waals surface area contributed by atoms with E-state index in [2.05, 4.69) is 5.10 Å². The van der Waals surface area contributed by atoms with E-state index in [0.717, 1.165) is 0 Å². The van der Waals surface area contributed by atoms with Crippen molar-refractivity contribution in [1.82, 2.24) is 9.78 Å². The molecule has 0 bridgehead atoms. The smallest absolute Gasteiger partial charge is 0.338 e. The molecule has 0 spiro atoms. The molecule has 0 radical (unpaired) electrons. The Kier molecular flexibility index (Phi) is 4.47. The summed E-state index contributed by atoms with van der Waals surface area (Å²) in [4.78, 5) is 12.0. The summed E-state index contributed by atoms with van der Waals surface area (Å²) in [5, 5.41) is 4.32. The first-order chi connectivity index (χ1) is 9.99. The van der Waals surface area contributed by atoms with Crippen LogP contribution in [0.15, 0.2) is 30.5 Å². The monoisotopic (exact) mass is 289 g/mol. The summed E-state index contributed by atoms with van der Waals surface area (Å²) in [5.41, 5.74) is 7.22. The van der Waals surface area contributed by atoms with E-state index >= 15 is 0 Å². The molecule has 0 fully saturated rings. The Morgan fingerprint density at radius 3 is 2.76 bits per heavy atom. The molecule has 0 saturated carbocycles. The van der Waals surface area contributed by atoms with Crippen molar-refractivity contribution < 1.29 is 14.3 Å². The second-order valence-electron chi connectivity index (χ2n) is 4.95. The largest absolute Gasteiger partial charge is 0.497 e. The van der Waals surface area contributed by atoms with Crippen molar-refractivity contribution in [1.29, 1.82) is 0 Å². The molecule has 1 heterocycles. The number of nitrogen functional groups attached to an aromatic ring is 1. The van der Waals surface area contributed by atoms with Crippen LogP contribution in [0.4, 0.5) is 5.69 Å². The van der Waals surface area contributed by atoms with Gasteiger partial charge >= 0.3 is 5.97 Å². The maximum absolute atomic E-state index is 12.0. The van der Waals surface area contributed by atoms with E-state index in [0.29, 0.717) is 22.7 Å². The van der Waals surface area contributed by atoms with E-state index in [4.69, 9.17) is 15.2 Å². The molecule has 0 atom stereocenters. The zero-order valence-corrected chi connectivity index (χ0v) is 12.4. The zero-order chi connectivity index (χ0) is 15.4. The maximum Gasteiger partial charge on any atom is 0.338 e. The highest BCUT2D eigenvalue weighted by atomic mass is 16.5. The molecule has 6 nitrogen and oxygen atoms in total. The van der Waals surface area contributed by atoms with Crippen LogP contribution >= 0.6 is 0 Å². The summed E-state index contributed by atoms with van der Waals surface area (Å²) < 4.78 is 12.1. The number of hydrogen-bond donors (Lipinski definition) is 1. The molecule has 0 aliphatic heterocycles. The van der Waals surface area contributed by atoms with Gasteiger partial charge in [-0.2, -0.15) is 5.10 Å². The average Bonchev–Trinajstić information content (AvgIpc) is 2.93. The lowest BCUT2D eigenvalue weighted by Crippen LogP contribution is -2.07. The van der Waals surface area contributed by atoms with Gasteiger partial charge in [0.15, 0.2) is 0 Å². The minimum absolute atomic E-state index is 0.121. The van der Waals surface area contributed by atoms with Gasteiger partial charge in [0, 0.05) is 24.0 Å². The van der Waals surface area contributed by atoms with Gasteiger partial charge in [-0.1, -0.05) is 0 Å². The SMILES string of the molecule is COc1cc(N)cc(C(=O)OCc2ccn(C(C)C)n2)c1. The van der Waals surface area contributed by atoms with Gasteiger partial charge in [-0.25, -0.2) is 4.79 Å². The van der Waals surface area contributed by atoms with Crippen LogP contribution in [0.1, 0.15) is 35.9 Å². The molecule has 1 aromatic carbocycles. The first-order valence-corrected chi connectivity index (χ1v) is 6.65. The summed E-state index contributed by atoms with van der Waals surface area (Å²) in [6, 6.07) is 6.88. The molecule has 2 N–H and O–H groups in total. The Balaban J connectivity index is 2.02. The summed E-state index contributed by atoms with van der Waals surface area (Å²) in [7, 11) is 1.52. The van der Waals surface area contributed by atoms with Gasteiger partial charge in [0.1, 0.15) is 12.4 Å². The number of carbonyl (C=O) groups excluding carboxylic acids is 1. The van der Waals surface area contributed by atoms with Crippen LogP contribution in [-0.4, -0.2) is 22.9 Å². The molecule has 1 aromatic heterocycles. The van der Waals surface area contributed by atoms with Crippen molar-refractivity contribution in [3.05, 3.63) is 41.7 Å². The van der Waals surface area contributed by atoms with Gasteiger partial charge in [0.2, 0.25) is 0 Å². The van der Waals surface area contributed by atoms with Crippen LogP contribution < -0.4 is 10.5 Å². The van der Waals surface area contributed by atoms with Gasteiger partial charge in [-0.15, -0.1) is 0 Å². The fourth-order valence-electron chi connectivity index (χ4n) is 1.82. The summed E-state index contributed by atoms with van der Waals surface area (Å²) in [6.07, 6.45) is 1.86. The van der Waals surface area contributed by atoms with Crippen LogP contribution in [0.3, 0.4) is 0 Å². The first kappa shape index (κ1) is 14.9. The quantitative estimate of drug-likeness (QED) is 0.675. The number of esters is 1. The molecule has 6 heteroatoms. The average molecular weight is 289 g/mol. The van der Waals surface area contributed by atoms with E-state index in [-0.39, 0.29) is 12.6 Å². The third-order valence-corrected chi connectivity index (χ3v) is 2.94. The molecule has 0 aliphatic carbocycles. The van der Waals surface area contributed by atoms with Crippen LogP contribution in [0.2, 0.25) is 0 Å². The number of anilines is 1. The van der Waals surface area contributed by atoms with E-state index in [1.807, 2.05) is 30.8 Å². The minimum atomic E-state index is -0.459.